The highest BCUT2D eigenvalue weighted by Crippen LogP contribution is 2.40. The van der Waals surface area contributed by atoms with Crippen LogP contribution in [0.3, 0.4) is 0 Å². The molecule has 1 atom stereocenters. The summed E-state index contributed by atoms with van der Waals surface area (Å²) in [6.45, 7) is 4.39. The van der Waals surface area contributed by atoms with E-state index < -0.39 is 17.8 Å². The summed E-state index contributed by atoms with van der Waals surface area (Å²) in [5.74, 6) is 0.168. The molecule has 1 aromatic heterocycles. The number of amides is 4. The van der Waals surface area contributed by atoms with E-state index in [1.807, 2.05) is 34.5 Å². The Bertz CT molecular complexity index is 1900. The van der Waals surface area contributed by atoms with Crippen molar-refractivity contribution in [3.05, 3.63) is 74.7 Å². The van der Waals surface area contributed by atoms with Gasteiger partial charge in [-0.2, -0.15) is 0 Å². The molecule has 2 saturated heterocycles. The van der Waals surface area contributed by atoms with Crippen LogP contribution in [0.15, 0.2) is 41.8 Å². The number of carbonyl (C=O) groups is 4. The molecule has 1 saturated carbocycles. The van der Waals surface area contributed by atoms with E-state index in [1.54, 1.807) is 17.4 Å². The number of anilines is 1. The SMILES string of the molecule is O=C1CCC(N2Cc3c(cc(F)cc3C3CCN(CCCCCCCOc4ccc(N5Cc6sccc6C5=O)cc4OC4CCCC4)CC3)C2=O)C(=O)N1. The van der Waals surface area contributed by atoms with Crippen molar-refractivity contribution in [1.82, 2.24) is 15.1 Å². The van der Waals surface area contributed by atoms with Gasteiger partial charge in [0.15, 0.2) is 11.5 Å². The molecular weight excluding hydrogens is 708 g/mol. The number of thiophene rings is 1. The Morgan fingerprint density at radius 2 is 1.61 bits per heavy atom. The zero-order valence-corrected chi connectivity index (χ0v) is 31.6. The number of rotatable bonds is 14. The summed E-state index contributed by atoms with van der Waals surface area (Å²) in [6.07, 6.45) is 12.4. The lowest BCUT2D eigenvalue weighted by Crippen LogP contribution is -2.52. The minimum atomic E-state index is -0.705. The molecule has 0 spiro atoms. The zero-order valence-electron chi connectivity index (χ0n) is 30.8. The Balaban J connectivity index is 0.762. The first-order valence-electron chi connectivity index (χ1n) is 19.8. The molecule has 5 aliphatic rings. The molecular formula is C42H49FN4O6S. The smallest absolute Gasteiger partial charge is 0.259 e. The average molecular weight is 757 g/mol. The molecule has 3 aromatic rings. The second kappa shape index (κ2) is 16.2. The van der Waals surface area contributed by atoms with Gasteiger partial charge in [-0.15, -0.1) is 11.3 Å². The Hall–Kier alpha value is -4.29. The molecule has 4 amide bonds. The van der Waals surface area contributed by atoms with E-state index in [4.69, 9.17) is 9.47 Å². The number of piperidine rings is 2. The Kier molecular flexibility index (Phi) is 11.0. The number of nitrogens with zero attached hydrogens (tertiary/aromatic N) is 3. The number of halogens is 1. The number of fused-ring (bicyclic) bond motifs is 2. The molecule has 12 heteroatoms. The summed E-state index contributed by atoms with van der Waals surface area (Å²) in [6, 6.07) is 9.99. The molecule has 4 aliphatic heterocycles. The van der Waals surface area contributed by atoms with Crippen molar-refractivity contribution in [3.8, 4) is 11.5 Å². The number of hydrogen-bond donors (Lipinski definition) is 1. The van der Waals surface area contributed by atoms with Crippen LogP contribution in [-0.2, 0) is 22.7 Å². The highest BCUT2D eigenvalue weighted by molar-refractivity contribution is 7.10. The van der Waals surface area contributed by atoms with Crippen molar-refractivity contribution in [2.75, 3.05) is 31.1 Å². The van der Waals surface area contributed by atoms with Crippen LogP contribution < -0.4 is 19.7 Å². The van der Waals surface area contributed by atoms with Crippen LogP contribution in [0, 0.1) is 5.82 Å². The number of unbranched alkanes of at least 4 members (excludes halogenated alkanes) is 4. The van der Waals surface area contributed by atoms with Gasteiger partial charge in [-0.1, -0.05) is 19.3 Å². The standard InChI is InChI=1S/C42H49FN4O6S/c43-28-22-32(34-25-47(42(51)33(34)23-28)35-11-13-39(48)44-40(35)49)27-14-18-45(19-15-27)17-6-2-1-3-7-20-52-36-12-10-29(24-37(36)53-30-8-4-5-9-30)46-26-38-31(41(46)50)16-21-54-38/h10,12,16,21-24,27,30,35H,1-9,11,13-15,17-20,25-26H2,(H,44,48,49). The third kappa shape index (κ3) is 7.77. The van der Waals surface area contributed by atoms with Crippen LogP contribution in [0.1, 0.15) is 126 Å². The molecule has 0 bridgehead atoms. The van der Waals surface area contributed by atoms with Crippen LogP contribution in [0.5, 0.6) is 11.5 Å². The van der Waals surface area contributed by atoms with Crippen molar-refractivity contribution in [1.29, 1.82) is 0 Å². The maximum Gasteiger partial charge on any atom is 0.259 e. The van der Waals surface area contributed by atoms with Crippen LogP contribution in [0.2, 0.25) is 0 Å². The van der Waals surface area contributed by atoms with Crippen molar-refractivity contribution in [2.45, 2.75) is 115 Å². The Labute approximate surface area is 320 Å². The predicted molar refractivity (Wildman–Crippen MR) is 204 cm³/mol. The molecule has 54 heavy (non-hydrogen) atoms. The number of hydrogen-bond acceptors (Lipinski definition) is 8. The van der Waals surface area contributed by atoms with Crippen molar-refractivity contribution in [3.63, 3.8) is 0 Å². The number of imide groups is 1. The van der Waals surface area contributed by atoms with E-state index in [0.29, 0.717) is 25.1 Å². The Morgan fingerprint density at radius 3 is 2.41 bits per heavy atom. The zero-order chi connectivity index (χ0) is 37.2. The van der Waals surface area contributed by atoms with Gasteiger partial charge >= 0.3 is 0 Å². The first-order chi connectivity index (χ1) is 26.3. The van der Waals surface area contributed by atoms with E-state index in [9.17, 15) is 23.6 Å². The number of ether oxygens (including phenoxy) is 2. The normalized spacial score (nSPS) is 20.9. The Morgan fingerprint density at radius 1 is 0.815 bits per heavy atom. The average Bonchev–Trinajstić information content (AvgIpc) is 3.97. The lowest BCUT2D eigenvalue weighted by molar-refractivity contribution is -0.136. The van der Waals surface area contributed by atoms with Gasteiger partial charge in [0.25, 0.3) is 11.8 Å². The van der Waals surface area contributed by atoms with Gasteiger partial charge < -0.3 is 24.2 Å². The van der Waals surface area contributed by atoms with Gasteiger partial charge in [-0.25, -0.2) is 4.39 Å². The summed E-state index contributed by atoms with van der Waals surface area (Å²) < 4.78 is 27.5. The highest BCUT2D eigenvalue weighted by atomic mass is 32.1. The maximum absolute atomic E-state index is 14.8. The van der Waals surface area contributed by atoms with Gasteiger partial charge in [-0.3, -0.25) is 24.5 Å². The largest absolute Gasteiger partial charge is 0.490 e. The minimum Gasteiger partial charge on any atom is -0.490 e. The third-order valence-corrected chi connectivity index (χ3v) is 12.8. The van der Waals surface area contributed by atoms with E-state index in [2.05, 4.69) is 10.2 Å². The molecule has 1 unspecified atom stereocenters. The molecule has 3 fully saturated rings. The fourth-order valence-electron chi connectivity index (χ4n) is 8.92. The van der Waals surface area contributed by atoms with Crippen LogP contribution >= 0.6 is 11.3 Å². The van der Waals surface area contributed by atoms with Crippen molar-refractivity contribution in [2.24, 2.45) is 0 Å². The number of nitrogens with one attached hydrogen (secondary N) is 1. The number of likely N-dealkylation sites (tertiary alicyclic amines) is 1. The van der Waals surface area contributed by atoms with Gasteiger partial charge in [0.1, 0.15) is 11.9 Å². The summed E-state index contributed by atoms with van der Waals surface area (Å²) in [7, 11) is 0. The molecule has 2 aromatic carbocycles. The van der Waals surface area contributed by atoms with E-state index in [0.717, 1.165) is 116 Å². The third-order valence-electron chi connectivity index (χ3n) is 11.9. The summed E-state index contributed by atoms with van der Waals surface area (Å²) in [5, 5.41) is 4.32. The van der Waals surface area contributed by atoms with Gasteiger partial charge in [0.2, 0.25) is 11.8 Å². The summed E-state index contributed by atoms with van der Waals surface area (Å²) in [4.78, 5) is 57.4. The first-order valence-corrected chi connectivity index (χ1v) is 20.7. The predicted octanol–water partition coefficient (Wildman–Crippen LogP) is 7.34. The molecule has 10 nitrogen and oxygen atoms in total. The van der Waals surface area contributed by atoms with E-state index >= 15 is 0 Å². The lowest BCUT2D eigenvalue weighted by atomic mass is 9.85. The molecule has 286 valence electrons. The second-order valence-corrected chi connectivity index (χ2v) is 16.5. The molecule has 8 rings (SSSR count). The lowest BCUT2D eigenvalue weighted by Gasteiger charge is -2.33. The van der Waals surface area contributed by atoms with E-state index in [1.165, 1.54) is 23.8 Å². The summed E-state index contributed by atoms with van der Waals surface area (Å²) in [5.41, 5.74) is 3.72. The monoisotopic (exact) mass is 756 g/mol. The van der Waals surface area contributed by atoms with Gasteiger partial charge in [-0.05, 0) is 130 Å². The topological polar surface area (TPSA) is 108 Å². The highest BCUT2D eigenvalue weighted by Gasteiger charge is 2.41. The van der Waals surface area contributed by atoms with E-state index in [-0.39, 0.29) is 42.7 Å². The van der Waals surface area contributed by atoms with Gasteiger partial charge in [0.05, 0.1) is 24.8 Å². The van der Waals surface area contributed by atoms with Crippen molar-refractivity contribution >= 4 is 40.7 Å². The number of benzene rings is 2. The molecule has 1 aliphatic carbocycles. The maximum atomic E-state index is 14.8. The van der Waals surface area contributed by atoms with Gasteiger partial charge in [0, 0.05) is 35.2 Å². The van der Waals surface area contributed by atoms with Crippen LogP contribution in [-0.4, -0.2) is 71.8 Å². The second-order valence-electron chi connectivity index (χ2n) is 15.5. The first kappa shape index (κ1) is 36.7. The number of carbonyl (C=O) groups excluding carboxylic acids is 4. The fourth-order valence-corrected chi connectivity index (χ4v) is 9.77. The minimum absolute atomic E-state index is 0.0447. The van der Waals surface area contributed by atoms with Crippen LogP contribution in [0.4, 0.5) is 10.1 Å². The molecule has 1 N–H and O–H groups in total. The van der Waals surface area contributed by atoms with Crippen molar-refractivity contribution < 1.29 is 33.0 Å². The quantitative estimate of drug-likeness (QED) is 0.136. The summed E-state index contributed by atoms with van der Waals surface area (Å²) >= 11 is 1.63. The molecule has 0 radical (unpaired) electrons. The van der Waals surface area contributed by atoms with Crippen LogP contribution in [0.25, 0.3) is 0 Å². The fraction of sp³-hybridized carbons (Fsp3) is 0.524. The molecule has 5 heterocycles.